The molecule has 0 atom stereocenters. The third-order valence-electron chi connectivity index (χ3n) is 3.63. The minimum absolute atomic E-state index is 0.00833. The van der Waals surface area contributed by atoms with Crippen LogP contribution in [0.2, 0.25) is 0 Å². The van der Waals surface area contributed by atoms with Crippen molar-refractivity contribution in [2.75, 3.05) is 23.8 Å². The van der Waals surface area contributed by atoms with Gasteiger partial charge in [-0.2, -0.15) is 0 Å². The zero-order valence-electron chi connectivity index (χ0n) is 15.1. The first kappa shape index (κ1) is 19.6. The maximum atomic E-state index is 12.7. The van der Waals surface area contributed by atoms with Crippen molar-refractivity contribution in [1.82, 2.24) is 0 Å². The molecule has 0 heterocycles. The quantitative estimate of drug-likeness (QED) is 0.800. The molecule has 0 aliphatic heterocycles. The van der Waals surface area contributed by atoms with Crippen LogP contribution >= 0.6 is 0 Å². The first-order valence-electron chi connectivity index (χ1n) is 7.98. The van der Waals surface area contributed by atoms with Gasteiger partial charge in [-0.05, 0) is 56.2 Å². The molecule has 0 saturated carbocycles. The number of amides is 1. The van der Waals surface area contributed by atoms with Crippen molar-refractivity contribution in [3.63, 3.8) is 0 Å². The molecule has 1 amide bonds. The number of benzene rings is 2. The van der Waals surface area contributed by atoms with Crippen LogP contribution in [0.15, 0.2) is 41.3 Å². The zero-order valence-corrected chi connectivity index (χ0v) is 15.9. The van der Waals surface area contributed by atoms with Crippen molar-refractivity contribution >= 4 is 27.5 Å². The fourth-order valence-electron chi connectivity index (χ4n) is 2.28. The van der Waals surface area contributed by atoms with Crippen LogP contribution in [0.1, 0.15) is 18.1 Å². The zero-order chi connectivity index (χ0) is 19.3. The summed E-state index contributed by atoms with van der Waals surface area (Å²) >= 11 is 0. The van der Waals surface area contributed by atoms with Crippen LogP contribution < -0.4 is 14.8 Å². The lowest BCUT2D eigenvalue weighted by Gasteiger charge is -2.14. The number of hydrogen-bond donors (Lipinski definition) is 2. The summed E-state index contributed by atoms with van der Waals surface area (Å²) in [7, 11) is -2.42. The molecule has 8 heteroatoms. The fourth-order valence-corrected chi connectivity index (χ4v) is 3.43. The fraction of sp³-hybridized carbons (Fsp3) is 0.278. The molecule has 26 heavy (non-hydrogen) atoms. The van der Waals surface area contributed by atoms with E-state index in [0.717, 1.165) is 11.1 Å². The van der Waals surface area contributed by atoms with E-state index >= 15 is 0 Å². The van der Waals surface area contributed by atoms with Gasteiger partial charge in [0.2, 0.25) is 0 Å². The Kier molecular flexibility index (Phi) is 6.10. The topological polar surface area (TPSA) is 93.7 Å². The highest BCUT2D eigenvalue weighted by Crippen LogP contribution is 2.29. The average molecular weight is 378 g/mol. The maximum absolute atomic E-state index is 12.7. The van der Waals surface area contributed by atoms with Crippen molar-refractivity contribution in [3.05, 3.63) is 47.5 Å². The first-order chi connectivity index (χ1) is 12.3. The molecule has 0 aromatic heterocycles. The Morgan fingerprint density at radius 1 is 1.08 bits per heavy atom. The van der Waals surface area contributed by atoms with Gasteiger partial charge in [0.15, 0.2) is 0 Å². The number of sulfonamides is 1. The molecule has 0 unspecified atom stereocenters. The highest BCUT2D eigenvalue weighted by atomic mass is 32.2. The number of ether oxygens (including phenoxy) is 2. The number of aryl methyl sites for hydroxylation is 2. The van der Waals surface area contributed by atoms with E-state index in [2.05, 4.69) is 10.0 Å². The summed E-state index contributed by atoms with van der Waals surface area (Å²) in [5.41, 5.74) is 2.45. The van der Waals surface area contributed by atoms with Gasteiger partial charge in [0.25, 0.3) is 10.0 Å². The Hall–Kier alpha value is -2.74. The lowest BCUT2D eigenvalue weighted by atomic mass is 10.1. The second-order valence-corrected chi connectivity index (χ2v) is 7.31. The van der Waals surface area contributed by atoms with Crippen molar-refractivity contribution in [2.45, 2.75) is 25.7 Å². The molecular weight excluding hydrogens is 356 g/mol. The molecule has 7 nitrogen and oxygen atoms in total. The van der Waals surface area contributed by atoms with Crippen LogP contribution in [0.25, 0.3) is 0 Å². The minimum Gasteiger partial charge on any atom is -0.495 e. The number of carbonyl (C=O) groups is 1. The Bertz CT molecular complexity index is 910. The predicted octanol–water partition coefficient (Wildman–Crippen LogP) is 3.68. The highest BCUT2D eigenvalue weighted by Gasteiger charge is 2.19. The van der Waals surface area contributed by atoms with E-state index in [4.69, 9.17) is 9.47 Å². The molecule has 2 aromatic carbocycles. The number of anilines is 2. The van der Waals surface area contributed by atoms with Crippen molar-refractivity contribution < 1.29 is 22.7 Å². The molecule has 0 saturated heterocycles. The molecular formula is C18H22N2O5S. The largest absolute Gasteiger partial charge is 0.495 e. The molecule has 0 aliphatic rings. The minimum atomic E-state index is -3.85. The smallest absolute Gasteiger partial charge is 0.411 e. The van der Waals surface area contributed by atoms with Gasteiger partial charge in [0, 0.05) is 0 Å². The Balaban J connectivity index is 2.36. The van der Waals surface area contributed by atoms with Crippen LogP contribution in [0.5, 0.6) is 5.75 Å². The summed E-state index contributed by atoms with van der Waals surface area (Å²) < 4.78 is 38.0. The number of nitrogens with one attached hydrogen (secondary N) is 2. The van der Waals surface area contributed by atoms with E-state index in [9.17, 15) is 13.2 Å². The lowest BCUT2D eigenvalue weighted by molar-refractivity contribution is 0.168. The summed E-state index contributed by atoms with van der Waals surface area (Å²) in [5.74, 6) is 0.323. The van der Waals surface area contributed by atoms with E-state index in [1.165, 1.54) is 25.3 Å². The summed E-state index contributed by atoms with van der Waals surface area (Å²) in [4.78, 5) is 11.7. The monoisotopic (exact) mass is 378 g/mol. The van der Waals surface area contributed by atoms with Gasteiger partial charge in [-0.25, -0.2) is 13.2 Å². The van der Waals surface area contributed by atoms with E-state index in [-0.39, 0.29) is 17.2 Å². The molecule has 140 valence electrons. The molecule has 0 radical (unpaired) electrons. The molecule has 0 fully saturated rings. The van der Waals surface area contributed by atoms with Crippen LogP contribution in [-0.4, -0.2) is 28.2 Å². The van der Waals surface area contributed by atoms with Crippen LogP contribution in [-0.2, 0) is 14.8 Å². The molecule has 0 bridgehead atoms. The van der Waals surface area contributed by atoms with Gasteiger partial charge >= 0.3 is 6.09 Å². The Labute approximate surface area is 153 Å². The first-order valence-corrected chi connectivity index (χ1v) is 9.47. The van der Waals surface area contributed by atoms with Crippen LogP contribution in [0.3, 0.4) is 0 Å². The third kappa shape index (κ3) is 4.66. The molecule has 0 aliphatic carbocycles. The SMILES string of the molecule is CCOC(=O)Nc1cc(S(=O)(=O)Nc2cc(C)ccc2C)ccc1OC. The second kappa shape index (κ2) is 8.09. The highest BCUT2D eigenvalue weighted by molar-refractivity contribution is 7.92. The van der Waals surface area contributed by atoms with Gasteiger partial charge < -0.3 is 9.47 Å². The Morgan fingerprint density at radius 3 is 2.46 bits per heavy atom. The van der Waals surface area contributed by atoms with E-state index in [0.29, 0.717) is 11.4 Å². The van der Waals surface area contributed by atoms with E-state index in [1.807, 2.05) is 26.0 Å². The number of methoxy groups -OCH3 is 1. The van der Waals surface area contributed by atoms with Gasteiger partial charge in [0.1, 0.15) is 5.75 Å². The standard InChI is InChI=1S/C18H22N2O5S/c1-5-25-18(21)19-16-11-14(8-9-17(16)24-4)26(22,23)20-15-10-12(2)6-7-13(15)3/h6-11,20H,5H2,1-4H3,(H,19,21). The summed E-state index contributed by atoms with van der Waals surface area (Å²) in [5, 5.41) is 2.48. The van der Waals surface area contributed by atoms with E-state index in [1.54, 1.807) is 13.0 Å². The van der Waals surface area contributed by atoms with Gasteiger partial charge in [-0.3, -0.25) is 10.0 Å². The van der Waals surface area contributed by atoms with Gasteiger partial charge in [0.05, 0.1) is 30.0 Å². The van der Waals surface area contributed by atoms with Crippen molar-refractivity contribution in [1.29, 1.82) is 0 Å². The van der Waals surface area contributed by atoms with Crippen LogP contribution in [0.4, 0.5) is 16.2 Å². The van der Waals surface area contributed by atoms with E-state index < -0.39 is 16.1 Å². The predicted molar refractivity (Wildman–Crippen MR) is 100 cm³/mol. The second-order valence-electron chi connectivity index (χ2n) is 5.63. The molecule has 0 spiro atoms. The summed E-state index contributed by atoms with van der Waals surface area (Å²) in [6, 6.07) is 9.70. The molecule has 2 N–H and O–H groups in total. The van der Waals surface area contributed by atoms with Crippen LogP contribution in [0, 0.1) is 13.8 Å². The third-order valence-corrected chi connectivity index (χ3v) is 4.99. The van der Waals surface area contributed by atoms with Crippen molar-refractivity contribution in [2.24, 2.45) is 0 Å². The number of hydrogen-bond acceptors (Lipinski definition) is 5. The normalized spacial score (nSPS) is 10.9. The maximum Gasteiger partial charge on any atom is 0.411 e. The van der Waals surface area contributed by atoms with Crippen molar-refractivity contribution in [3.8, 4) is 5.75 Å². The lowest BCUT2D eigenvalue weighted by Crippen LogP contribution is -2.16. The van der Waals surface area contributed by atoms with Gasteiger partial charge in [-0.15, -0.1) is 0 Å². The average Bonchev–Trinajstić information content (AvgIpc) is 2.58. The van der Waals surface area contributed by atoms with Gasteiger partial charge in [-0.1, -0.05) is 12.1 Å². The number of carbonyl (C=O) groups excluding carboxylic acids is 1. The summed E-state index contributed by atoms with van der Waals surface area (Å²) in [6.45, 7) is 5.57. The molecule has 2 aromatic rings. The number of rotatable bonds is 6. The molecule has 2 rings (SSSR count). The summed E-state index contributed by atoms with van der Waals surface area (Å²) in [6.07, 6.45) is -0.692. The Morgan fingerprint density at radius 2 is 1.81 bits per heavy atom.